The van der Waals surface area contributed by atoms with Crippen molar-refractivity contribution >= 4 is 5.91 Å². The summed E-state index contributed by atoms with van der Waals surface area (Å²) >= 11 is 0. The van der Waals surface area contributed by atoms with Crippen LogP contribution in [0.2, 0.25) is 0 Å². The van der Waals surface area contributed by atoms with Crippen molar-refractivity contribution < 1.29 is 9.90 Å². The molecule has 1 aromatic carbocycles. The van der Waals surface area contributed by atoms with Gasteiger partial charge in [0.15, 0.2) is 0 Å². The van der Waals surface area contributed by atoms with Crippen molar-refractivity contribution in [2.45, 2.75) is 44.6 Å². The van der Waals surface area contributed by atoms with E-state index in [2.05, 4.69) is 5.32 Å². The normalized spacial score (nSPS) is 18.3. The Morgan fingerprint density at radius 2 is 2.06 bits per heavy atom. The fraction of sp³-hybridized carbons (Fsp3) is 0.533. The molecule has 1 fully saturated rings. The van der Waals surface area contributed by atoms with Gasteiger partial charge in [-0.2, -0.15) is 0 Å². The molecule has 3 nitrogen and oxygen atoms in total. The van der Waals surface area contributed by atoms with Crippen molar-refractivity contribution in [3.8, 4) is 0 Å². The Balaban J connectivity index is 2.10. The smallest absolute Gasteiger partial charge is 0.251 e. The fourth-order valence-electron chi connectivity index (χ4n) is 2.65. The van der Waals surface area contributed by atoms with Crippen molar-refractivity contribution in [2.24, 2.45) is 0 Å². The summed E-state index contributed by atoms with van der Waals surface area (Å²) in [5.41, 5.74) is 1.34. The molecular weight excluding hydrogens is 226 g/mol. The number of carbonyl (C=O) groups excluding carboxylic acids is 1. The van der Waals surface area contributed by atoms with E-state index in [1.165, 1.54) is 6.42 Å². The van der Waals surface area contributed by atoms with Gasteiger partial charge in [0, 0.05) is 5.56 Å². The highest BCUT2D eigenvalue weighted by Gasteiger charge is 2.33. The van der Waals surface area contributed by atoms with Crippen molar-refractivity contribution in [3.63, 3.8) is 0 Å². The first kappa shape index (κ1) is 13.1. The topological polar surface area (TPSA) is 49.3 Å². The molecule has 1 aliphatic rings. The lowest BCUT2D eigenvalue weighted by Crippen LogP contribution is -2.52. The van der Waals surface area contributed by atoms with Crippen molar-refractivity contribution in [1.82, 2.24) is 5.32 Å². The molecule has 0 atom stereocenters. The number of amides is 1. The molecule has 2 N–H and O–H groups in total. The van der Waals surface area contributed by atoms with Crippen LogP contribution in [-0.2, 0) is 0 Å². The third-order valence-electron chi connectivity index (χ3n) is 3.77. The van der Waals surface area contributed by atoms with Crippen LogP contribution in [0.4, 0.5) is 0 Å². The minimum absolute atomic E-state index is 0.0323. The summed E-state index contributed by atoms with van der Waals surface area (Å²) in [6.07, 6.45) is 5.10. The van der Waals surface area contributed by atoms with E-state index in [1.807, 2.05) is 31.2 Å². The highest BCUT2D eigenvalue weighted by atomic mass is 16.3. The summed E-state index contributed by atoms with van der Waals surface area (Å²) in [4.78, 5) is 12.2. The summed E-state index contributed by atoms with van der Waals surface area (Å²) in [6, 6.07) is 7.55. The average molecular weight is 247 g/mol. The largest absolute Gasteiger partial charge is 0.394 e. The summed E-state index contributed by atoms with van der Waals surface area (Å²) < 4.78 is 0. The number of rotatable bonds is 3. The molecule has 1 saturated carbocycles. The zero-order valence-electron chi connectivity index (χ0n) is 10.9. The first-order valence-electron chi connectivity index (χ1n) is 6.65. The molecule has 2 rings (SSSR count). The lowest BCUT2D eigenvalue weighted by molar-refractivity contribution is 0.0758. The van der Waals surface area contributed by atoms with Crippen molar-refractivity contribution in [1.29, 1.82) is 0 Å². The van der Waals surface area contributed by atoms with E-state index in [9.17, 15) is 9.90 Å². The monoisotopic (exact) mass is 247 g/mol. The van der Waals surface area contributed by atoms with Crippen LogP contribution < -0.4 is 5.32 Å². The van der Waals surface area contributed by atoms with E-state index in [0.29, 0.717) is 5.56 Å². The Labute approximate surface area is 108 Å². The number of hydrogen-bond acceptors (Lipinski definition) is 2. The van der Waals surface area contributed by atoms with Gasteiger partial charge in [0.05, 0.1) is 12.1 Å². The number of nitrogens with one attached hydrogen (secondary N) is 1. The van der Waals surface area contributed by atoms with Crippen LogP contribution in [-0.4, -0.2) is 23.2 Å². The van der Waals surface area contributed by atoms with Gasteiger partial charge in [0.1, 0.15) is 0 Å². The SMILES string of the molecule is Cc1cccc(C(=O)NC2(CO)CCCCC2)c1. The Bertz CT molecular complexity index is 422. The number of hydrogen-bond donors (Lipinski definition) is 2. The van der Waals surface area contributed by atoms with Gasteiger partial charge in [-0.25, -0.2) is 0 Å². The molecule has 1 aromatic rings. The van der Waals surface area contributed by atoms with Crippen LogP contribution in [0.1, 0.15) is 48.0 Å². The maximum atomic E-state index is 12.2. The summed E-state index contributed by atoms with van der Waals surface area (Å²) in [6.45, 7) is 2.00. The highest BCUT2D eigenvalue weighted by Crippen LogP contribution is 2.28. The predicted octanol–water partition coefficient (Wildman–Crippen LogP) is 2.42. The quantitative estimate of drug-likeness (QED) is 0.861. The lowest BCUT2D eigenvalue weighted by Gasteiger charge is -2.36. The third kappa shape index (κ3) is 2.91. The number of benzene rings is 1. The number of aliphatic hydroxyl groups is 1. The summed E-state index contributed by atoms with van der Waals surface area (Å²) in [5.74, 6) is -0.0744. The second-order valence-electron chi connectivity index (χ2n) is 5.32. The van der Waals surface area contributed by atoms with E-state index in [0.717, 1.165) is 31.2 Å². The van der Waals surface area contributed by atoms with E-state index in [1.54, 1.807) is 0 Å². The van der Waals surface area contributed by atoms with Crippen LogP contribution in [0.3, 0.4) is 0 Å². The molecule has 0 aromatic heterocycles. The number of carbonyl (C=O) groups is 1. The molecule has 98 valence electrons. The Hall–Kier alpha value is -1.35. The standard InChI is InChI=1S/C15H21NO2/c1-12-6-5-7-13(10-12)14(18)16-15(11-17)8-3-2-4-9-15/h5-7,10,17H,2-4,8-9,11H2,1H3,(H,16,18). The second kappa shape index (κ2) is 5.53. The molecule has 0 saturated heterocycles. The average Bonchev–Trinajstić information content (AvgIpc) is 2.40. The minimum atomic E-state index is -0.404. The number of aryl methyl sites for hydroxylation is 1. The van der Waals surface area contributed by atoms with Crippen LogP contribution in [0, 0.1) is 6.92 Å². The molecule has 0 heterocycles. The Kier molecular flexibility index (Phi) is 4.02. The number of aliphatic hydroxyl groups excluding tert-OH is 1. The zero-order chi connectivity index (χ0) is 13.0. The maximum absolute atomic E-state index is 12.2. The van der Waals surface area contributed by atoms with Gasteiger partial charge in [-0.3, -0.25) is 4.79 Å². The van der Waals surface area contributed by atoms with Gasteiger partial charge in [-0.15, -0.1) is 0 Å². The Morgan fingerprint density at radius 3 is 2.67 bits per heavy atom. The molecular formula is C15H21NO2. The van der Waals surface area contributed by atoms with Crippen molar-refractivity contribution in [2.75, 3.05) is 6.61 Å². The molecule has 0 bridgehead atoms. The van der Waals surface area contributed by atoms with Gasteiger partial charge in [-0.05, 0) is 31.9 Å². The van der Waals surface area contributed by atoms with E-state index in [4.69, 9.17) is 0 Å². The van der Waals surface area contributed by atoms with Crippen LogP contribution in [0.15, 0.2) is 24.3 Å². The highest BCUT2D eigenvalue weighted by molar-refractivity contribution is 5.94. The summed E-state index contributed by atoms with van der Waals surface area (Å²) in [5, 5.41) is 12.6. The van der Waals surface area contributed by atoms with Gasteiger partial charge in [0.2, 0.25) is 0 Å². The van der Waals surface area contributed by atoms with E-state index in [-0.39, 0.29) is 12.5 Å². The molecule has 1 amide bonds. The van der Waals surface area contributed by atoms with E-state index >= 15 is 0 Å². The fourth-order valence-corrected chi connectivity index (χ4v) is 2.65. The van der Waals surface area contributed by atoms with Crippen molar-refractivity contribution in [3.05, 3.63) is 35.4 Å². The molecule has 0 radical (unpaired) electrons. The predicted molar refractivity (Wildman–Crippen MR) is 71.5 cm³/mol. The zero-order valence-corrected chi connectivity index (χ0v) is 10.9. The van der Waals surface area contributed by atoms with Crippen LogP contribution in [0.5, 0.6) is 0 Å². The molecule has 1 aliphatic carbocycles. The van der Waals surface area contributed by atoms with E-state index < -0.39 is 5.54 Å². The molecule has 0 aliphatic heterocycles. The maximum Gasteiger partial charge on any atom is 0.251 e. The van der Waals surface area contributed by atoms with Gasteiger partial charge in [0.25, 0.3) is 5.91 Å². The molecule has 18 heavy (non-hydrogen) atoms. The van der Waals surface area contributed by atoms with Gasteiger partial charge in [-0.1, -0.05) is 37.0 Å². The van der Waals surface area contributed by atoms with Gasteiger partial charge < -0.3 is 10.4 Å². The minimum Gasteiger partial charge on any atom is -0.394 e. The lowest BCUT2D eigenvalue weighted by atomic mass is 9.82. The first-order valence-corrected chi connectivity index (χ1v) is 6.65. The first-order chi connectivity index (χ1) is 8.65. The third-order valence-corrected chi connectivity index (χ3v) is 3.77. The summed E-state index contributed by atoms with van der Waals surface area (Å²) in [7, 11) is 0. The Morgan fingerprint density at radius 1 is 1.33 bits per heavy atom. The van der Waals surface area contributed by atoms with Gasteiger partial charge >= 0.3 is 0 Å². The molecule has 0 spiro atoms. The second-order valence-corrected chi connectivity index (χ2v) is 5.32. The van der Waals surface area contributed by atoms with Crippen LogP contribution >= 0.6 is 0 Å². The molecule has 3 heteroatoms. The molecule has 0 unspecified atom stereocenters. The van der Waals surface area contributed by atoms with Crippen LogP contribution in [0.25, 0.3) is 0 Å².